The van der Waals surface area contributed by atoms with E-state index in [-0.39, 0.29) is 41.8 Å². The highest BCUT2D eigenvalue weighted by atomic mass is 32.2. The van der Waals surface area contributed by atoms with E-state index in [1.165, 1.54) is 30.0 Å². The Labute approximate surface area is 209 Å². The van der Waals surface area contributed by atoms with Crippen molar-refractivity contribution in [3.05, 3.63) is 107 Å². The minimum Gasteiger partial charge on any atom is -0.352 e. The first kappa shape index (κ1) is 26.4. The van der Waals surface area contributed by atoms with Crippen LogP contribution in [0.1, 0.15) is 30.5 Å². The minimum absolute atomic E-state index is 0.0791. The fourth-order valence-corrected chi connectivity index (χ4v) is 4.56. The summed E-state index contributed by atoms with van der Waals surface area (Å²) in [5.41, 5.74) is 2.16. The number of nitrogens with one attached hydrogen (secondary N) is 1. The molecule has 0 fully saturated rings. The second kappa shape index (κ2) is 13.0. The molecule has 0 aliphatic heterocycles. The minimum atomic E-state index is -0.758. The summed E-state index contributed by atoms with van der Waals surface area (Å²) < 4.78 is 27.5. The van der Waals surface area contributed by atoms with Crippen LogP contribution in [0.5, 0.6) is 0 Å². The number of hydrogen-bond donors (Lipinski definition) is 1. The lowest BCUT2D eigenvalue weighted by atomic mass is 10.0. The average molecular weight is 497 g/mol. The normalized spacial score (nSPS) is 11.8. The standard InChI is InChI=1S/C28H30F2N2O2S/c1-20(2)31-28(34)26(16-21-8-4-3-5-9-21)32(17-22-12-14-24(29)15-13-22)27(33)19-35-18-23-10-6-7-11-25(23)30/h3-15,20,26H,16-19H2,1-2H3,(H,31,34)/t26-/m0/s1. The Bertz CT molecular complexity index is 1110. The summed E-state index contributed by atoms with van der Waals surface area (Å²) in [4.78, 5) is 28.3. The van der Waals surface area contributed by atoms with Gasteiger partial charge in [0.15, 0.2) is 0 Å². The summed E-state index contributed by atoms with van der Waals surface area (Å²) in [6, 6.07) is 21.0. The topological polar surface area (TPSA) is 49.4 Å². The first-order valence-electron chi connectivity index (χ1n) is 11.5. The molecule has 0 unspecified atom stereocenters. The molecule has 0 saturated carbocycles. The molecule has 3 rings (SSSR count). The molecule has 0 aliphatic carbocycles. The molecule has 35 heavy (non-hydrogen) atoms. The van der Waals surface area contributed by atoms with Gasteiger partial charge in [0.1, 0.15) is 17.7 Å². The summed E-state index contributed by atoms with van der Waals surface area (Å²) >= 11 is 1.30. The second-order valence-electron chi connectivity index (χ2n) is 8.60. The lowest BCUT2D eigenvalue weighted by molar-refractivity contribution is -0.139. The summed E-state index contributed by atoms with van der Waals surface area (Å²) in [6.45, 7) is 3.89. The Morgan fingerprint density at radius 1 is 0.886 bits per heavy atom. The number of thioether (sulfide) groups is 1. The fraction of sp³-hybridized carbons (Fsp3) is 0.286. The number of amides is 2. The Morgan fingerprint density at radius 2 is 1.54 bits per heavy atom. The van der Waals surface area contributed by atoms with Crippen molar-refractivity contribution in [2.75, 3.05) is 5.75 Å². The number of benzene rings is 3. The van der Waals surface area contributed by atoms with E-state index in [4.69, 9.17) is 0 Å². The first-order chi connectivity index (χ1) is 16.8. The zero-order valence-electron chi connectivity index (χ0n) is 19.9. The zero-order valence-corrected chi connectivity index (χ0v) is 20.7. The van der Waals surface area contributed by atoms with Crippen LogP contribution in [-0.4, -0.2) is 34.6 Å². The van der Waals surface area contributed by atoms with Crippen molar-refractivity contribution >= 4 is 23.6 Å². The molecule has 184 valence electrons. The van der Waals surface area contributed by atoms with Crippen LogP contribution in [0.25, 0.3) is 0 Å². The largest absolute Gasteiger partial charge is 0.352 e. The van der Waals surface area contributed by atoms with Crippen LogP contribution in [-0.2, 0) is 28.3 Å². The van der Waals surface area contributed by atoms with E-state index >= 15 is 0 Å². The maximum absolute atomic E-state index is 14.0. The van der Waals surface area contributed by atoms with Crippen molar-refractivity contribution < 1.29 is 18.4 Å². The van der Waals surface area contributed by atoms with E-state index in [0.29, 0.717) is 23.3 Å². The Morgan fingerprint density at radius 3 is 2.20 bits per heavy atom. The highest BCUT2D eigenvalue weighted by Crippen LogP contribution is 2.20. The van der Waals surface area contributed by atoms with E-state index < -0.39 is 6.04 Å². The van der Waals surface area contributed by atoms with Gasteiger partial charge in [0.2, 0.25) is 11.8 Å². The van der Waals surface area contributed by atoms with Gasteiger partial charge in [0, 0.05) is 24.8 Å². The Hall–Kier alpha value is -3.19. The third-order valence-electron chi connectivity index (χ3n) is 5.41. The van der Waals surface area contributed by atoms with Crippen molar-refractivity contribution in [3.63, 3.8) is 0 Å². The molecule has 3 aromatic carbocycles. The van der Waals surface area contributed by atoms with Crippen LogP contribution in [0.2, 0.25) is 0 Å². The van der Waals surface area contributed by atoms with Gasteiger partial charge >= 0.3 is 0 Å². The van der Waals surface area contributed by atoms with E-state index in [2.05, 4.69) is 5.32 Å². The van der Waals surface area contributed by atoms with Crippen molar-refractivity contribution in [1.82, 2.24) is 10.2 Å². The number of rotatable bonds is 11. The van der Waals surface area contributed by atoms with E-state index in [0.717, 1.165) is 5.56 Å². The molecule has 7 heteroatoms. The number of carbonyl (C=O) groups excluding carboxylic acids is 2. The smallest absolute Gasteiger partial charge is 0.243 e. The highest BCUT2D eigenvalue weighted by Gasteiger charge is 2.30. The van der Waals surface area contributed by atoms with Gasteiger partial charge in [0.05, 0.1) is 5.75 Å². The summed E-state index contributed by atoms with van der Waals surface area (Å²) in [6.07, 6.45) is 0.338. The molecular formula is C28H30F2N2O2S. The quantitative estimate of drug-likeness (QED) is 0.389. The molecule has 0 bridgehead atoms. The van der Waals surface area contributed by atoms with Gasteiger partial charge in [-0.1, -0.05) is 60.7 Å². The maximum atomic E-state index is 14.0. The third kappa shape index (κ3) is 8.21. The van der Waals surface area contributed by atoms with Crippen LogP contribution in [0.4, 0.5) is 8.78 Å². The molecule has 4 nitrogen and oxygen atoms in total. The Balaban J connectivity index is 1.84. The first-order valence-corrected chi connectivity index (χ1v) is 12.7. The maximum Gasteiger partial charge on any atom is 0.243 e. The lowest BCUT2D eigenvalue weighted by Gasteiger charge is -2.32. The van der Waals surface area contributed by atoms with Gasteiger partial charge < -0.3 is 10.2 Å². The van der Waals surface area contributed by atoms with Gasteiger partial charge in [-0.15, -0.1) is 11.8 Å². The van der Waals surface area contributed by atoms with Gasteiger partial charge in [-0.05, 0) is 48.7 Å². The van der Waals surface area contributed by atoms with Gasteiger partial charge in [-0.25, -0.2) is 8.78 Å². The fourth-order valence-electron chi connectivity index (χ4n) is 3.67. The molecule has 1 atom stereocenters. The van der Waals surface area contributed by atoms with Crippen LogP contribution in [0, 0.1) is 11.6 Å². The number of nitrogens with zero attached hydrogens (tertiary/aromatic N) is 1. The zero-order chi connectivity index (χ0) is 25.2. The van der Waals surface area contributed by atoms with Crippen molar-refractivity contribution in [2.45, 2.75) is 44.6 Å². The van der Waals surface area contributed by atoms with Gasteiger partial charge in [0.25, 0.3) is 0 Å². The molecule has 3 aromatic rings. The van der Waals surface area contributed by atoms with E-state index in [1.54, 1.807) is 35.2 Å². The third-order valence-corrected chi connectivity index (χ3v) is 6.38. The van der Waals surface area contributed by atoms with Gasteiger partial charge in [-0.2, -0.15) is 0 Å². The highest BCUT2D eigenvalue weighted by molar-refractivity contribution is 7.99. The summed E-state index contributed by atoms with van der Waals surface area (Å²) in [5, 5.41) is 2.93. The molecule has 0 aliphatic rings. The van der Waals surface area contributed by atoms with Crippen molar-refractivity contribution in [3.8, 4) is 0 Å². The molecule has 0 aromatic heterocycles. The predicted molar refractivity (Wildman–Crippen MR) is 137 cm³/mol. The van der Waals surface area contributed by atoms with Gasteiger partial charge in [-0.3, -0.25) is 9.59 Å². The number of hydrogen-bond acceptors (Lipinski definition) is 3. The summed E-state index contributed by atoms with van der Waals surface area (Å²) in [7, 11) is 0. The lowest BCUT2D eigenvalue weighted by Crippen LogP contribution is -2.52. The van der Waals surface area contributed by atoms with Crippen molar-refractivity contribution in [1.29, 1.82) is 0 Å². The Kier molecular flexibility index (Phi) is 9.85. The number of carbonyl (C=O) groups is 2. The molecule has 1 N–H and O–H groups in total. The van der Waals surface area contributed by atoms with Crippen LogP contribution in [0.3, 0.4) is 0 Å². The molecule has 0 radical (unpaired) electrons. The van der Waals surface area contributed by atoms with Crippen molar-refractivity contribution in [2.24, 2.45) is 0 Å². The molecular weight excluding hydrogens is 466 g/mol. The summed E-state index contributed by atoms with van der Waals surface area (Å²) in [5.74, 6) is -0.756. The van der Waals surface area contributed by atoms with Crippen LogP contribution >= 0.6 is 11.8 Å². The second-order valence-corrected chi connectivity index (χ2v) is 9.59. The monoisotopic (exact) mass is 496 g/mol. The van der Waals surface area contributed by atoms with Crippen LogP contribution in [0.15, 0.2) is 78.9 Å². The average Bonchev–Trinajstić information content (AvgIpc) is 2.84. The van der Waals surface area contributed by atoms with Crippen LogP contribution < -0.4 is 5.32 Å². The van der Waals surface area contributed by atoms with E-state index in [9.17, 15) is 18.4 Å². The molecule has 0 saturated heterocycles. The molecule has 2 amide bonds. The van der Waals surface area contributed by atoms with E-state index in [1.807, 2.05) is 44.2 Å². The number of halogens is 2. The molecule has 0 heterocycles. The predicted octanol–water partition coefficient (Wildman–Crippen LogP) is 5.36. The SMILES string of the molecule is CC(C)NC(=O)[C@H](Cc1ccccc1)N(Cc1ccc(F)cc1)C(=O)CSCc1ccccc1F. The molecule has 0 spiro atoms.